The molecule has 1 aromatic heterocycles. The maximum absolute atomic E-state index is 2.43. The predicted octanol–water partition coefficient (Wildman–Crippen LogP) is 13.9. The van der Waals surface area contributed by atoms with Crippen molar-refractivity contribution in [2.45, 2.75) is 0 Å². The highest BCUT2D eigenvalue weighted by molar-refractivity contribution is 6.12. The van der Waals surface area contributed by atoms with Gasteiger partial charge in [0.15, 0.2) is 0 Å². The number of nitrogens with zero attached hydrogens (tertiary/aromatic N) is 2. The average molecular weight is 663 g/mol. The number of fused-ring (bicyclic) bond motifs is 5. The molecule has 0 fully saturated rings. The number of hydrogen-bond acceptors (Lipinski definition) is 1. The summed E-state index contributed by atoms with van der Waals surface area (Å²) in [7, 11) is 0. The minimum atomic E-state index is 1.11. The Balaban J connectivity index is 1.12. The molecule has 0 saturated heterocycles. The van der Waals surface area contributed by atoms with Crippen molar-refractivity contribution in [3.63, 3.8) is 0 Å². The van der Waals surface area contributed by atoms with Crippen molar-refractivity contribution in [3.05, 3.63) is 206 Å². The van der Waals surface area contributed by atoms with Gasteiger partial charge in [-0.2, -0.15) is 0 Å². The van der Waals surface area contributed by atoms with E-state index >= 15 is 0 Å². The molecule has 52 heavy (non-hydrogen) atoms. The zero-order valence-electron chi connectivity index (χ0n) is 28.5. The van der Waals surface area contributed by atoms with Gasteiger partial charge in [0.25, 0.3) is 0 Å². The van der Waals surface area contributed by atoms with Crippen LogP contribution in [-0.2, 0) is 0 Å². The summed E-state index contributed by atoms with van der Waals surface area (Å²) in [5.41, 5.74) is 11.8. The molecule has 244 valence electrons. The van der Waals surface area contributed by atoms with Crippen molar-refractivity contribution in [2.24, 2.45) is 0 Å². The fourth-order valence-corrected chi connectivity index (χ4v) is 7.94. The summed E-state index contributed by atoms with van der Waals surface area (Å²) in [5.74, 6) is 0. The first kappa shape index (κ1) is 30.0. The summed E-state index contributed by atoms with van der Waals surface area (Å²) in [6.07, 6.45) is 0. The van der Waals surface area contributed by atoms with Crippen molar-refractivity contribution in [3.8, 4) is 27.9 Å². The SMILES string of the molecule is c1ccc(N(c2cccc(-c3ccccc3-c3ccc4c(c3)c3ccccc3n4-c3cccc4ccccc34)c2)c2ccc3ccccc3c2)cc1. The van der Waals surface area contributed by atoms with Crippen LogP contribution < -0.4 is 4.90 Å². The van der Waals surface area contributed by atoms with E-state index in [2.05, 4.69) is 216 Å². The summed E-state index contributed by atoms with van der Waals surface area (Å²) in [6, 6.07) is 74.7. The molecule has 2 nitrogen and oxygen atoms in total. The van der Waals surface area contributed by atoms with Crippen LogP contribution >= 0.6 is 0 Å². The lowest BCUT2D eigenvalue weighted by atomic mass is 9.93. The van der Waals surface area contributed by atoms with Gasteiger partial charge in [-0.3, -0.25) is 0 Å². The highest BCUT2D eigenvalue weighted by Gasteiger charge is 2.18. The van der Waals surface area contributed by atoms with E-state index < -0.39 is 0 Å². The third kappa shape index (κ3) is 5.04. The first-order chi connectivity index (χ1) is 25.8. The van der Waals surface area contributed by atoms with E-state index in [1.807, 2.05) is 0 Å². The molecule has 0 unspecified atom stereocenters. The summed E-state index contributed by atoms with van der Waals surface area (Å²) in [4.78, 5) is 2.35. The molecule has 10 aromatic rings. The van der Waals surface area contributed by atoms with Gasteiger partial charge in [-0.05, 0) is 99.1 Å². The van der Waals surface area contributed by atoms with Gasteiger partial charge in [0, 0.05) is 33.2 Å². The molecule has 0 radical (unpaired) electrons. The zero-order chi connectivity index (χ0) is 34.4. The molecule has 0 N–H and O–H groups in total. The minimum Gasteiger partial charge on any atom is -0.310 e. The van der Waals surface area contributed by atoms with E-state index in [0.29, 0.717) is 0 Å². The van der Waals surface area contributed by atoms with Crippen molar-refractivity contribution in [1.82, 2.24) is 4.57 Å². The molecule has 0 amide bonds. The second-order valence-electron chi connectivity index (χ2n) is 13.4. The molecule has 0 atom stereocenters. The Morgan fingerprint density at radius 2 is 0.904 bits per heavy atom. The van der Waals surface area contributed by atoms with E-state index in [1.54, 1.807) is 0 Å². The topological polar surface area (TPSA) is 8.17 Å². The van der Waals surface area contributed by atoms with Gasteiger partial charge in [-0.1, -0.05) is 146 Å². The summed E-state index contributed by atoms with van der Waals surface area (Å²) in [5, 5.41) is 7.44. The maximum Gasteiger partial charge on any atom is 0.0541 e. The lowest BCUT2D eigenvalue weighted by Gasteiger charge is -2.26. The number of hydrogen-bond donors (Lipinski definition) is 0. The van der Waals surface area contributed by atoms with Crippen LogP contribution in [0.5, 0.6) is 0 Å². The molecule has 9 aromatic carbocycles. The van der Waals surface area contributed by atoms with Crippen LogP contribution in [0.1, 0.15) is 0 Å². The third-order valence-electron chi connectivity index (χ3n) is 10.3. The van der Waals surface area contributed by atoms with E-state index in [9.17, 15) is 0 Å². The lowest BCUT2D eigenvalue weighted by Crippen LogP contribution is -2.09. The smallest absolute Gasteiger partial charge is 0.0541 e. The third-order valence-corrected chi connectivity index (χ3v) is 10.3. The van der Waals surface area contributed by atoms with E-state index in [4.69, 9.17) is 0 Å². The van der Waals surface area contributed by atoms with E-state index in [1.165, 1.54) is 71.3 Å². The monoisotopic (exact) mass is 662 g/mol. The van der Waals surface area contributed by atoms with Gasteiger partial charge in [0.05, 0.1) is 16.7 Å². The second-order valence-corrected chi connectivity index (χ2v) is 13.4. The second kappa shape index (κ2) is 12.5. The Morgan fingerprint density at radius 3 is 1.75 bits per heavy atom. The summed E-state index contributed by atoms with van der Waals surface area (Å²) >= 11 is 0. The molecule has 0 aliphatic rings. The molecule has 0 saturated carbocycles. The van der Waals surface area contributed by atoms with Crippen molar-refractivity contribution < 1.29 is 0 Å². The Bertz CT molecular complexity index is 2910. The summed E-state index contributed by atoms with van der Waals surface area (Å²) < 4.78 is 2.43. The Hall–Kier alpha value is -6.90. The Labute approximate surface area is 303 Å². The average Bonchev–Trinajstić information content (AvgIpc) is 3.55. The number of anilines is 3. The van der Waals surface area contributed by atoms with Crippen LogP contribution in [0.15, 0.2) is 206 Å². The predicted molar refractivity (Wildman–Crippen MR) is 221 cm³/mol. The first-order valence-corrected chi connectivity index (χ1v) is 17.9. The van der Waals surface area contributed by atoms with Gasteiger partial charge >= 0.3 is 0 Å². The van der Waals surface area contributed by atoms with Crippen molar-refractivity contribution in [2.75, 3.05) is 4.90 Å². The van der Waals surface area contributed by atoms with Gasteiger partial charge in [0.1, 0.15) is 0 Å². The van der Waals surface area contributed by atoms with Crippen molar-refractivity contribution in [1.29, 1.82) is 0 Å². The van der Waals surface area contributed by atoms with E-state index in [0.717, 1.165) is 17.1 Å². The van der Waals surface area contributed by atoms with Crippen LogP contribution in [0.4, 0.5) is 17.1 Å². The Morgan fingerprint density at radius 1 is 0.308 bits per heavy atom. The number of benzene rings is 9. The normalized spacial score (nSPS) is 11.5. The first-order valence-electron chi connectivity index (χ1n) is 17.9. The quantitative estimate of drug-likeness (QED) is 0.172. The van der Waals surface area contributed by atoms with E-state index in [-0.39, 0.29) is 0 Å². The zero-order valence-corrected chi connectivity index (χ0v) is 28.5. The van der Waals surface area contributed by atoms with Crippen LogP contribution in [0.3, 0.4) is 0 Å². The Kier molecular flexibility index (Phi) is 7.18. The molecular formula is C50H34N2. The van der Waals surface area contributed by atoms with Crippen molar-refractivity contribution >= 4 is 60.4 Å². The van der Waals surface area contributed by atoms with Gasteiger partial charge in [-0.15, -0.1) is 0 Å². The van der Waals surface area contributed by atoms with Crippen LogP contribution in [-0.4, -0.2) is 4.57 Å². The summed E-state index contributed by atoms with van der Waals surface area (Å²) in [6.45, 7) is 0. The molecular weight excluding hydrogens is 629 g/mol. The molecule has 0 aliphatic heterocycles. The lowest BCUT2D eigenvalue weighted by molar-refractivity contribution is 1.20. The molecule has 0 bridgehead atoms. The molecule has 1 heterocycles. The number of aromatic nitrogens is 1. The van der Waals surface area contributed by atoms with Crippen LogP contribution in [0.2, 0.25) is 0 Å². The van der Waals surface area contributed by atoms with Crippen LogP contribution in [0, 0.1) is 0 Å². The highest BCUT2D eigenvalue weighted by Crippen LogP contribution is 2.41. The highest BCUT2D eigenvalue weighted by atomic mass is 15.1. The van der Waals surface area contributed by atoms with Crippen LogP contribution in [0.25, 0.3) is 71.3 Å². The molecule has 0 spiro atoms. The largest absolute Gasteiger partial charge is 0.310 e. The van der Waals surface area contributed by atoms with Gasteiger partial charge in [0.2, 0.25) is 0 Å². The molecule has 2 heteroatoms. The standard InChI is InChI=1S/C50H34N2/c1-2-19-40(20-3-1)51(42-30-28-35-14-4-5-16-37(35)32-42)41-21-12-18-38(33-41)43-22-8-9-23-44(43)39-29-31-50-47(34-39)46-25-10-11-26-49(46)52(50)48-27-13-17-36-15-6-7-24-45(36)48/h1-34H. The fraction of sp³-hybridized carbons (Fsp3) is 0. The molecule has 10 rings (SSSR count). The number of para-hydroxylation sites is 2. The molecule has 0 aliphatic carbocycles. The fourth-order valence-electron chi connectivity index (χ4n) is 7.94. The van der Waals surface area contributed by atoms with Gasteiger partial charge < -0.3 is 9.47 Å². The minimum absolute atomic E-state index is 1.11. The number of rotatable bonds is 6. The van der Waals surface area contributed by atoms with Gasteiger partial charge in [-0.25, -0.2) is 0 Å². The maximum atomic E-state index is 2.43.